The van der Waals surface area contributed by atoms with Crippen molar-refractivity contribution < 1.29 is 19.5 Å². The van der Waals surface area contributed by atoms with Crippen molar-refractivity contribution in [1.29, 1.82) is 0 Å². The van der Waals surface area contributed by atoms with Crippen LogP contribution in [0.25, 0.3) is 27.7 Å². The van der Waals surface area contributed by atoms with Crippen LogP contribution in [0.4, 0.5) is 11.6 Å². The third-order valence-corrected chi connectivity index (χ3v) is 5.28. The highest BCUT2D eigenvalue weighted by atomic mass is 16.3. The molecule has 1 aliphatic rings. The number of amides is 2. The standard InChI is InChI=1S/C23H17N5O3.CH2O2/c24-23-26-19-7-6-14(11-18(19)22(31)28(23)16-4-2-1-3-5-16)15-10-17(13-25-12-15)27-20(29)8-9-21(27)30;2-1-3/h1-7,10-13H,8-9H2,(H2,24,26);1H,(H,2,3). The number of imide groups is 1. The van der Waals surface area contributed by atoms with E-state index >= 15 is 0 Å². The SMILES string of the molecule is Nc1nc2ccc(-c3cncc(N4C(=O)CCC4=O)c3)cc2c(=O)n1-c1ccccc1.O=CO. The van der Waals surface area contributed by atoms with E-state index in [4.69, 9.17) is 15.6 Å². The molecule has 0 atom stereocenters. The van der Waals surface area contributed by atoms with Crippen LogP contribution in [0, 0.1) is 0 Å². The number of carbonyl (C=O) groups excluding carboxylic acids is 2. The molecular formula is C24H19N5O5. The lowest BCUT2D eigenvalue weighted by Crippen LogP contribution is -2.28. The van der Waals surface area contributed by atoms with Crippen molar-refractivity contribution in [3.63, 3.8) is 0 Å². The third kappa shape index (κ3) is 4.11. The minimum absolute atomic E-state index is 0.103. The molecule has 5 rings (SSSR count). The summed E-state index contributed by atoms with van der Waals surface area (Å²) >= 11 is 0. The Hall–Kier alpha value is -4.86. The van der Waals surface area contributed by atoms with E-state index in [2.05, 4.69) is 9.97 Å². The highest BCUT2D eigenvalue weighted by Crippen LogP contribution is 2.28. The maximum absolute atomic E-state index is 13.2. The Morgan fingerprint density at radius 3 is 2.24 bits per heavy atom. The minimum Gasteiger partial charge on any atom is -0.483 e. The molecule has 2 amide bonds. The number of hydrogen-bond acceptors (Lipinski definition) is 7. The lowest BCUT2D eigenvalue weighted by molar-refractivity contribution is -0.123. The van der Waals surface area contributed by atoms with Crippen LogP contribution in [-0.4, -0.2) is 37.9 Å². The quantitative estimate of drug-likeness (QED) is 0.352. The van der Waals surface area contributed by atoms with E-state index in [1.165, 1.54) is 10.8 Å². The molecule has 0 radical (unpaired) electrons. The topological polar surface area (TPSA) is 148 Å². The van der Waals surface area contributed by atoms with E-state index in [0.29, 0.717) is 33.4 Å². The molecule has 10 nitrogen and oxygen atoms in total. The fourth-order valence-electron chi connectivity index (χ4n) is 3.78. The zero-order chi connectivity index (χ0) is 24.2. The maximum atomic E-state index is 13.2. The van der Waals surface area contributed by atoms with E-state index in [-0.39, 0.29) is 42.6 Å². The number of carboxylic acid groups (broad SMARTS) is 1. The molecule has 2 aromatic carbocycles. The average molecular weight is 457 g/mol. The Labute approximate surface area is 192 Å². The van der Waals surface area contributed by atoms with Crippen LogP contribution in [0.1, 0.15) is 12.8 Å². The highest BCUT2D eigenvalue weighted by Gasteiger charge is 2.30. The first-order chi connectivity index (χ1) is 16.4. The maximum Gasteiger partial charge on any atom is 0.290 e. The molecule has 1 saturated heterocycles. The van der Waals surface area contributed by atoms with Gasteiger partial charge in [0.15, 0.2) is 0 Å². The summed E-state index contributed by atoms with van der Waals surface area (Å²) in [6.45, 7) is -0.250. The fraction of sp³-hybridized carbons (Fsp3) is 0.0833. The number of hydrogen-bond donors (Lipinski definition) is 2. The van der Waals surface area contributed by atoms with E-state index in [9.17, 15) is 14.4 Å². The van der Waals surface area contributed by atoms with Crippen LogP contribution in [0.15, 0.2) is 71.8 Å². The van der Waals surface area contributed by atoms with Gasteiger partial charge in [0.2, 0.25) is 17.8 Å². The Bertz CT molecular complexity index is 1450. The summed E-state index contributed by atoms with van der Waals surface area (Å²) in [5.41, 5.74) is 8.68. The predicted octanol–water partition coefficient (Wildman–Crippen LogP) is 2.38. The number of benzene rings is 2. The van der Waals surface area contributed by atoms with Gasteiger partial charge in [0.25, 0.3) is 12.0 Å². The van der Waals surface area contributed by atoms with Crippen molar-refractivity contribution in [1.82, 2.24) is 14.5 Å². The van der Waals surface area contributed by atoms with Gasteiger partial charge in [-0.3, -0.25) is 24.2 Å². The van der Waals surface area contributed by atoms with Gasteiger partial charge in [-0.15, -0.1) is 0 Å². The summed E-state index contributed by atoms with van der Waals surface area (Å²) in [7, 11) is 0. The zero-order valence-electron chi connectivity index (χ0n) is 17.8. The van der Waals surface area contributed by atoms with Gasteiger partial charge in [-0.25, -0.2) is 14.5 Å². The molecule has 0 bridgehead atoms. The van der Waals surface area contributed by atoms with Crippen molar-refractivity contribution in [3.05, 3.63) is 77.3 Å². The summed E-state index contributed by atoms with van der Waals surface area (Å²) in [5.74, 6) is -0.382. The minimum atomic E-state index is -0.287. The smallest absolute Gasteiger partial charge is 0.290 e. The summed E-state index contributed by atoms with van der Waals surface area (Å²) in [4.78, 5) is 55.4. The van der Waals surface area contributed by atoms with E-state index < -0.39 is 0 Å². The predicted molar refractivity (Wildman–Crippen MR) is 125 cm³/mol. The molecule has 4 aromatic rings. The molecule has 0 spiro atoms. The van der Waals surface area contributed by atoms with Crippen molar-refractivity contribution >= 4 is 40.8 Å². The molecular weight excluding hydrogens is 438 g/mol. The second-order valence-electron chi connectivity index (χ2n) is 7.34. The number of fused-ring (bicyclic) bond motifs is 1. The monoisotopic (exact) mass is 457 g/mol. The first kappa shape index (κ1) is 22.3. The number of nitrogens with two attached hydrogens (primary N) is 1. The summed E-state index contributed by atoms with van der Waals surface area (Å²) in [6.07, 6.45) is 3.50. The van der Waals surface area contributed by atoms with Gasteiger partial charge in [0.1, 0.15) is 0 Å². The largest absolute Gasteiger partial charge is 0.483 e. The molecule has 1 aliphatic heterocycles. The van der Waals surface area contributed by atoms with Crippen molar-refractivity contribution in [2.45, 2.75) is 12.8 Å². The van der Waals surface area contributed by atoms with Gasteiger partial charge in [-0.05, 0) is 35.9 Å². The molecule has 2 aromatic heterocycles. The fourth-order valence-corrected chi connectivity index (χ4v) is 3.78. The number of pyridine rings is 1. The van der Waals surface area contributed by atoms with Crippen molar-refractivity contribution in [2.24, 2.45) is 0 Å². The average Bonchev–Trinajstić information content (AvgIpc) is 3.18. The number of anilines is 2. The second-order valence-corrected chi connectivity index (χ2v) is 7.34. The lowest BCUT2D eigenvalue weighted by atomic mass is 10.0. The van der Waals surface area contributed by atoms with Crippen LogP contribution in [0.2, 0.25) is 0 Å². The normalized spacial score (nSPS) is 13.0. The van der Waals surface area contributed by atoms with Crippen LogP contribution >= 0.6 is 0 Å². The van der Waals surface area contributed by atoms with Gasteiger partial charge in [-0.2, -0.15) is 0 Å². The lowest BCUT2D eigenvalue weighted by Gasteiger charge is -2.15. The van der Waals surface area contributed by atoms with Crippen LogP contribution in [0.3, 0.4) is 0 Å². The molecule has 10 heteroatoms. The van der Waals surface area contributed by atoms with Gasteiger partial charge in [0, 0.05) is 24.6 Å². The number of carbonyl (C=O) groups is 3. The van der Waals surface area contributed by atoms with Gasteiger partial charge < -0.3 is 10.8 Å². The van der Waals surface area contributed by atoms with Crippen LogP contribution < -0.4 is 16.2 Å². The third-order valence-electron chi connectivity index (χ3n) is 5.28. The Kier molecular flexibility index (Phi) is 6.13. The molecule has 0 aliphatic carbocycles. The Balaban J connectivity index is 0.000000868. The second kappa shape index (κ2) is 9.33. The van der Waals surface area contributed by atoms with Crippen molar-refractivity contribution in [2.75, 3.05) is 10.6 Å². The number of nitrogens with zero attached hydrogens (tertiary/aromatic N) is 4. The van der Waals surface area contributed by atoms with E-state index in [0.717, 1.165) is 4.90 Å². The summed E-state index contributed by atoms with van der Waals surface area (Å²) < 4.78 is 1.36. The molecule has 3 N–H and O–H groups in total. The number of aromatic nitrogens is 3. The molecule has 1 fully saturated rings. The summed E-state index contributed by atoms with van der Waals surface area (Å²) in [5, 5.41) is 7.29. The zero-order valence-corrected chi connectivity index (χ0v) is 17.8. The summed E-state index contributed by atoms with van der Waals surface area (Å²) in [6, 6.07) is 16.0. The first-order valence-electron chi connectivity index (χ1n) is 10.2. The van der Waals surface area contributed by atoms with E-state index in [1.807, 2.05) is 18.2 Å². The Morgan fingerprint density at radius 2 is 1.56 bits per heavy atom. The molecule has 170 valence electrons. The molecule has 0 unspecified atom stereocenters. The molecule has 34 heavy (non-hydrogen) atoms. The van der Waals surface area contributed by atoms with E-state index in [1.54, 1.807) is 42.6 Å². The van der Waals surface area contributed by atoms with Crippen LogP contribution in [0.5, 0.6) is 0 Å². The van der Waals surface area contributed by atoms with Gasteiger partial charge in [-0.1, -0.05) is 24.3 Å². The van der Waals surface area contributed by atoms with Gasteiger partial charge >= 0.3 is 0 Å². The molecule has 0 saturated carbocycles. The molecule has 3 heterocycles. The van der Waals surface area contributed by atoms with Crippen LogP contribution in [-0.2, 0) is 14.4 Å². The number of nitrogen functional groups attached to an aromatic ring is 1. The number of para-hydroxylation sites is 1. The van der Waals surface area contributed by atoms with Crippen molar-refractivity contribution in [3.8, 4) is 16.8 Å². The Morgan fingerprint density at radius 1 is 0.882 bits per heavy atom. The number of rotatable bonds is 3. The van der Waals surface area contributed by atoms with Gasteiger partial charge in [0.05, 0.1) is 28.5 Å². The first-order valence-corrected chi connectivity index (χ1v) is 10.2. The highest BCUT2D eigenvalue weighted by molar-refractivity contribution is 6.19.